The number of amides is 2. The molecular formula is C26H32N4O6. The predicted molar refractivity (Wildman–Crippen MR) is 135 cm³/mol. The van der Waals surface area contributed by atoms with Crippen LogP contribution in [0.1, 0.15) is 11.6 Å². The lowest BCUT2D eigenvalue weighted by molar-refractivity contribution is -0.136. The predicted octanol–water partition coefficient (Wildman–Crippen LogP) is 2.32. The van der Waals surface area contributed by atoms with Crippen molar-refractivity contribution < 1.29 is 28.5 Å². The minimum absolute atomic E-state index is 0.361. The van der Waals surface area contributed by atoms with Gasteiger partial charge in [-0.05, 0) is 29.8 Å². The van der Waals surface area contributed by atoms with E-state index in [4.69, 9.17) is 18.9 Å². The molecule has 0 saturated carbocycles. The van der Waals surface area contributed by atoms with Crippen LogP contribution in [0.3, 0.4) is 0 Å². The van der Waals surface area contributed by atoms with Crippen LogP contribution in [-0.2, 0) is 9.53 Å². The Morgan fingerprint density at radius 1 is 0.944 bits per heavy atom. The quantitative estimate of drug-likeness (QED) is 0.537. The zero-order valence-electron chi connectivity index (χ0n) is 21.0. The van der Waals surface area contributed by atoms with Crippen LogP contribution in [0.5, 0.6) is 17.2 Å². The second-order valence-corrected chi connectivity index (χ2v) is 8.49. The Labute approximate surface area is 210 Å². The molecule has 1 fully saturated rings. The summed E-state index contributed by atoms with van der Waals surface area (Å²) < 4.78 is 21.2. The maximum atomic E-state index is 12.9. The highest BCUT2D eigenvalue weighted by Crippen LogP contribution is 2.34. The number of urea groups is 1. The van der Waals surface area contributed by atoms with Gasteiger partial charge in [0.1, 0.15) is 5.75 Å². The highest BCUT2D eigenvalue weighted by atomic mass is 16.5. The smallest absolute Gasteiger partial charge is 0.338 e. The number of esters is 1. The maximum absolute atomic E-state index is 12.9. The number of piperazine rings is 1. The first kappa shape index (κ1) is 25.2. The van der Waals surface area contributed by atoms with Crippen molar-refractivity contribution in [1.29, 1.82) is 0 Å². The van der Waals surface area contributed by atoms with Crippen molar-refractivity contribution in [3.05, 3.63) is 59.3 Å². The Kier molecular flexibility index (Phi) is 7.84. The van der Waals surface area contributed by atoms with Crippen molar-refractivity contribution in [3.8, 4) is 17.2 Å². The van der Waals surface area contributed by atoms with E-state index in [0.717, 1.165) is 37.6 Å². The summed E-state index contributed by atoms with van der Waals surface area (Å²) in [5.41, 5.74) is 2.68. The first-order valence-electron chi connectivity index (χ1n) is 11.7. The van der Waals surface area contributed by atoms with Crippen LogP contribution >= 0.6 is 0 Å². The molecule has 192 valence electrons. The minimum atomic E-state index is -0.695. The minimum Gasteiger partial charge on any atom is -0.497 e. The van der Waals surface area contributed by atoms with E-state index in [9.17, 15) is 9.59 Å². The second-order valence-electron chi connectivity index (χ2n) is 8.49. The highest BCUT2D eigenvalue weighted by Gasteiger charge is 2.35. The lowest BCUT2D eigenvalue weighted by Gasteiger charge is -2.38. The largest absolute Gasteiger partial charge is 0.497 e. The van der Waals surface area contributed by atoms with E-state index < -0.39 is 12.0 Å². The van der Waals surface area contributed by atoms with Crippen LogP contribution in [0.15, 0.2) is 53.7 Å². The molecular weight excluding hydrogens is 464 g/mol. The zero-order chi connectivity index (χ0) is 25.7. The topological polar surface area (TPSA) is 102 Å². The van der Waals surface area contributed by atoms with Crippen LogP contribution in [0, 0.1) is 0 Å². The van der Waals surface area contributed by atoms with Crippen molar-refractivity contribution in [2.45, 2.75) is 6.04 Å². The molecule has 0 aromatic heterocycles. The van der Waals surface area contributed by atoms with Gasteiger partial charge in [-0.15, -0.1) is 0 Å². The summed E-state index contributed by atoms with van der Waals surface area (Å²) in [6.45, 7) is 3.55. The number of nitrogens with one attached hydrogen (secondary N) is 2. The van der Waals surface area contributed by atoms with Crippen molar-refractivity contribution in [3.63, 3.8) is 0 Å². The summed E-state index contributed by atoms with van der Waals surface area (Å²) >= 11 is 0. The molecule has 36 heavy (non-hydrogen) atoms. The van der Waals surface area contributed by atoms with Gasteiger partial charge in [-0.2, -0.15) is 0 Å². The summed E-state index contributed by atoms with van der Waals surface area (Å²) in [5.74, 6) is 1.37. The molecule has 2 aromatic carbocycles. The van der Waals surface area contributed by atoms with Gasteiger partial charge in [0.15, 0.2) is 11.5 Å². The van der Waals surface area contributed by atoms with E-state index in [1.807, 2.05) is 18.2 Å². The Balaban J connectivity index is 1.56. The number of carbonyl (C=O) groups is 2. The Morgan fingerprint density at radius 3 is 2.36 bits per heavy atom. The molecule has 1 atom stereocenters. The summed E-state index contributed by atoms with van der Waals surface area (Å²) in [4.78, 5) is 30.1. The van der Waals surface area contributed by atoms with Crippen LogP contribution in [-0.4, -0.2) is 78.1 Å². The van der Waals surface area contributed by atoms with E-state index in [0.29, 0.717) is 34.9 Å². The van der Waals surface area contributed by atoms with Gasteiger partial charge in [0, 0.05) is 50.2 Å². The number of methoxy groups -OCH3 is 4. The summed E-state index contributed by atoms with van der Waals surface area (Å²) in [5, 5.41) is 5.69. The van der Waals surface area contributed by atoms with Crippen molar-refractivity contribution >= 4 is 17.7 Å². The fraction of sp³-hybridized carbons (Fsp3) is 0.385. The highest BCUT2D eigenvalue weighted by molar-refractivity contribution is 5.95. The molecule has 2 aliphatic rings. The number of ether oxygens (including phenoxy) is 4. The van der Waals surface area contributed by atoms with Gasteiger partial charge >= 0.3 is 12.0 Å². The molecule has 10 nitrogen and oxygen atoms in total. The third-order valence-electron chi connectivity index (χ3n) is 6.47. The number of benzene rings is 2. The molecule has 2 heterocycles. The van der Waals surface area contributed by atoms with E-state index in [1.54, 1.807) is 32.4 Å². The van der Waals surface area contributed by atoms with Gasteiger partial charge in [0.2, 0.25) is 0 Å². The summed E-state index contributed by atoms with van der Waals surface area (Å²) in [6.07, 6.45) is 0. The average molecular weight is 497 g/mol. The fourth-order valence-corrected chi connectivity index (χ4v) is 4.57. The van der Waals surface area contributed by atoms with Crippen molar-refractivity contribution in [2.24, 2.45) is 0 Å². The average Bonchev–Trinajstić information content (AvgIpc) is 2.92. The number of hydrogen-bond donors (Lipinski definition) is 2. The first-order chi connectivity index (χ1) is 17.5. The van der Waals surface area contributed by atoms with Gasteiger partial charge in [-0.25, -0.2) is 9.59 Å². The lowest BCUT2D eigenvalue weighted by atomic mass is 9.94. The Bertz CT molecular complexity index is 1140. The molecule has 0 radical (unpaired) electrons. The zero-order valence-corrected chi connectivity index (χ0v) is 21.0. The molecule has 10 heteroatoms. The second kappa shape index (κ2) is 11.2. The lowest BCUT2D eigenvalue weighted by Crippen LogP contribution is -2.51. The molecule has 1 unspecified atom stereocenters. The van der Waals surface area contributed by atoms with Crippen molar-refractivity contribution in [2.75, 3.05) is 66.1 Å². The van der Waals surface area contributed by atoms with E-state index in [1.165, 1.54) is 14.2 Å². The maximum Gasteiger partial charge on any atom is 0.338 e. The van der Waals surface area contributed by atoms with Crippen molar-refractivity contribution in [1.82, 2.24) is 15.5 Å². The first-order valence-corrected chi connectivity index (χ1v) is 11.7. The Hall–Kier alpha value is -3.92. The number of anilines is 1. The van der Waals surface area contributed by atoms with Crippen LogP contribution in [0.25, 0.3) is 0 Å². The molecule has 2 amide bonds. The number of carbonyl (C=O) groups excluding carboxylic acids is 2. The fourth-order valence-electron chi connectivity index (χ4n) is 4.57. The van der Waals surface area contributed by atoms with Gasteiger partial charge < -0.3 is 34.5 Å². The number of nitrogens with zero attached hydrogens (tertiary/aromatic N) is 2. The molecule has 0 aliphatic carbocycles. The molecule has 2 N–H and O–H groups in total. The van der Waals surface area contributed by atoms with Gasteiger partial charge in [-0.1, -0.05) is 12.1 Å². The monoisotopic (exact) mass is 496 g/mol. The standard InChI is InChI=1S/C26H32N4O6/c1-33-19-7-5-6-18(15-19)30-12-10-29(11-13-30)16-20-23(25(31)36-4)24(28-26(32)27-20)17-8-9-21(34-2)22(14-17)35-3/h5-9,14-15,24H,10-13,16H2,1-4H3,(H2,27,28,32). The number of rotatable bonds is 8. The van der Waals surface area contributed by atoms with Gasteiger partial charge in [0.05, 0.1) is 40.1 Å². The Morgan fingerprint density at radius 2 is 1.69 bits per heavy atom. The molecule has 0 bridgehead atoms. The SMILES string of the molecule is COC(=O)C1=C(CN2CCN(c3cccc(OC)c3)CC2)NC(=O)NC1c1ccc(OC)c(OC)c1. The molecule has 1 saturated heterocycles. The third-order valence-corrected chi connectivity index (χ3v) is 6.47. The molecule has 4 rings (SSSR count). The molecule has 0 spiro atoms. The molecule has 2 aliphatic heterocycles. The van der Waals surface area contributed by atoms with E-state index >= 15 is 0 Å². The summed E-state index contributed by atoms with van der Waals surface area (Å²) in [7, 11) is 6.08. The van der Waals surface area contributed by atoms with E-state index in [-0.39, 0.29) is 6.03 Å². The van der Waals surface area contributed by atoms with Gasteiger partial charge in [-0.3, -0.25) is 4.90 Å². The van der Waals surface area contributed by atoms with Crippen LogP contribution < -0.4 is 29.7 Å². The molecule has 2 aromatic rings. The van der Waals surface area contributed by atoms with Crippen LogP contribution in [0.2, 0.25) is 0 Å². The van der Waals surface area contributed by atoms with Crippen LogP contribution in [0.4, 0.5) is 10.5 Å². The number of hydrogen-bond acceptors (Lipinski definition) is 8. The van der Waals surface area contributed by atoms with E-state index in [2.05, 4.69) is 26.5 Å². The van der Waals surface area contributed by atoms with Gasteiger partial charge in [0.25, 0.3) is 0 Å². The third kappa shape index (κ3) is 5.33. The normalized spacial score (nSPS) is 18.3. The summed E-state index contributed by atoms with van der Waals surface area (Å²) in [6, 6.07) is 12.2.